The summed E-state index contributed by atoms with van der Waals surface area (Å²) in [5.41, 5.74) is 1.38. The average Bonchev–Trinajstić information content (AvgIpc) is 2.42. The largest absolute Gasteiger partial charge is 0.389 e. The SMILES string of the molecule is CC1C=C2C(=O)OC(=O)c3ccc4c(c32)C1C(=O)OC4=O. The predicted molar refractivity (Wildman–Crippen MR) is 67.2 cm³/mol. The van der Waals surface area contributed by atoms with Gasteiger partial charge in [0.25, 0.3) is 0 Å². The Labute approximate surface area is 118 Å². The van der Waals surface area contributed by atoms with Crippen molar-refractivity contribution in [2.75, 3.05) is 0 Å². The second-order valence-corrected chi connectivity index (χ2v) is 5.25. The van der Waals surface area contributed by atoms with Gasteiger partial charge in [-0.15, -0.1) is 0 Å². The minimum absolute atomic E-state index is 0.194. The lowest BCUT2D eigenvalue weighted by Crippen LogP contribution is -2.37. The normalized spacial score (nSPS) is 25.9. The third-order valence-corrected chi connectivity index (χ3v) is 4.07. The maximum Gasteiger partial charge on any atom is 0.346 e. The monoisotopic (exact) mass is 284 g/mol. The van der Waals surface area contributed by atoms with Crippen molar-refractivity contribution in [1.82, 2.24) is 0 Å². The van der Waals surface area contributed by atoms with Crippen molar-refractivity contribution in [2.24, 2.45) is 5.92 Å². The van der Waals surface area contributed by atoms with Crippen LogP contribution in [0.25, 0.3) is 5.57 Å². The molecule has 0 amide bonds. The summed E-state index contributed by atoms with van der Waals surface area (Å²) in [5.74, 6) is -3.95. The Morgan fingerprint density at radius 1 is 0.905 bits per heavy atom. The maximum atomic E-state index is 12.0. The van der Waals surface area contributed by atoms with E-state index in [0.29, 0.717) is 11.1 Å². The van der Waals surface area contributed by atoms with E-state index >= 15 is 0 Å². The molecule has 1 aliphatic carbocycles. The number of ether oxygens (including phenoxy) is 2. The number of cyclic esters (lactones) is 4. The Morgan fingerprint density at radius 2 is 1.57 bits per heavy atom. The lowest BCUT2D eigenvalue weighted by atomic mass is 9.72. The van der Waals surface area contributed by atoms with Crippen LogP contribution >= 0.6 is 0 Å². The molecule has 0 N–H and O–H groups in total. The van der Waals surface area contributed by atoms with Crippen LogP contribution in [0.15, 0.2) is 18.2 Å². The van der Waals surface area contributed by atoms with Gasteiger partial charge in [-0.05, 0) is 23.6 Å². The van der Waals surface area contributed by atoms with Crippen LogP contribution in [-0.4, -0.2) is 23.9 Å². The highest BCUT2D eigenvalue weighted by atomic mass is 16.6. The molecule has 0 aromatic heterocycles. The number of benzene rings is 1. The number of allylic oxidation sites excluding steroid dienone is 1. The molecule has 0 saturated carbocycles. The number of hydrogen-bond acceptors (Lipinski definition) is 6. The summed E-state index contributed by atoms with van der Waals surface area (Å²) in [4.78, 5) is 47.6. The van der Waals surface area contributed by atoms with Crippen LogP contribution in [-0.2, 0) is 19.1 Å². The second-order valence-electron chi connectivity index (χ2n) is 5.25. The molecule has 2 aliphatic heterocycles. The Morgan fingerprint density at radius 3 is 2.33 bits per heavy atom. The van der Waals surface area contributed by atoms with E-state index in [1.54, 1.807) is 13.0 Å². The molecule has 2 atom stereocenters. The zero-order valence-electron chi connectivity index (χ0n) is 10.8. The molecule has 0 bridgehead atoms. The Kier molecular flexibility index (Phi) is 2.10. The fraction of sp³-hybridized carbons (Fsp3) is 0.200. The molecule has 0 spiro atoms. The van der Waals surface area contributed by atoms with Gasteiger partial charge < -0.3 is 9.47 Å². The number of carbonyl (C=O) groups excluding carboxylic acids is 4. The molecule has 0 fully saturated rings. The van der Waals surface area contributed by atoms with Crippen molar-refractivity contribution in [2.45, 2.75) is 12.8 Å². The first-order valence-corrected chi connectivity index (χ1v) is 6.40. The van der Waals surface area contributed by atoms with Crippen molar-refractivity contribution in [3.8, 4) is 0 Å². The predicted octanol–water partition coefficient (Wildman–Crippen LogP) is 1.20. The summed E-state index contributed by atoms with van der Waals surface area (Å²) in [6.45, 7) is 1.75. The van der Waals surface area contributed by atoms with Gasteiger partial charge in [0.1, 0.15) is 0 Å². The van der Waals surface area contributed by atoms with E-state index in [1.165, 1.54) is 12.1 Å². The standard InChI is InChI=1S/C15H8O6/c1-5-4-8-10-6(12(16)20-14(8)18)2-3-7-11(10)9(5)15(19)21-13(7)17/h2-5,9H,1H3. The van der Waals surface area contributed by atoms with E-state index in [-0.39, 0.29) is 22.6 Å². The lowest BCUT2D eigenvalue weighted by Gasteiger charge is -2.34. The van der Waals surface area contributed by atoms with Crippen LogP contribution in [0.2, 0.25) is 0 Å². The van der Waals surface area contributed by atoms with E-state index in [0.717, 1.165) is 0 Å². The van der Waals surface area contributed by atoms with E-state index in [1.807, 2.05) is 0 Å². The summed E-state index contributed by atoms with van der Waals surface area (Å²) in [6, 6.07) is 2.85. The highest BCUT2D eigenvalue weighted by Crippen LogP contribution is 2.46. The van der Waals surface area contributed by atoms with Crippen molar-refractivity contribution >= 4 is 29.5 Å². The molecule has 3 aliphatic rings. The first kappa shape index (κ1) is 12.0. The Hall–Kier alpha value is -2.76. The molecule has 1 aromatic carbocycles. The van der Waals surface area contributed by atoms with Crippen molar-refractivity contribution < 1.29 is 28.7 Å². The maximum absolute atomic E-state index is 12.0. The molecule has 104 valence electrons. The van der Waals surface area contributed by atoms with Crippen molar-refractivity contribution in [1.29, 1.82) is 0 Å². The smallest absolute Gasteiger partial charge is 0.346 e. The zero-order valence-corrected chi connectivity index (χ0v) is 10.8. The third kappa shape index (κ3) is 1.36. The van der Waals surface area contributed by atoms with Gasteiger partial charge in [0, 0.05) is 5.56 Å². The number of carbonyl (C=O) groups is 4. The molecular weight excluding hydrogens is 276 g/mol. The molecule has 21 heavy (non-hydrogen) atoms. The second kappa shape index (κ2) is 3.66. The summed E-state index contributed by atoms with van der Waals surface area (Å²) in [6.07, 6.45) is 1.59. The van der Waals surface area contributed by atoms with Crippen LogP contribution in [0.1, 0.15) is 44.7 Å². The molecule has 4 rings (SSSR count). The topological polar surface area (TPSA) is 86.7 Å². The van der Waals surface area contributed by atoms with Crippen LogP contribution < -0.4 is 0 Å². The van der Waals surface area contributed by atoms with Crippen molar-refractivity contribution in [3.05, 3.63) is 40.5 Å². The van der Waals surface area contributed by atoms with Crippen LogP contribution in [0, 0.1) is 5.92 Å². The van der Waals surface area contributed by atoms with Crippen LogP contribution in [0.4, 0.5) is 0 Å². The van der Waals surface area contributed by atoms with E-state index in [2.05, 4.69) is 4.74 Å². The molecule has 1 aromatic rings. The van der Waals surface area contributed by atoms with E-state index < -0.39 is 29.8 Å². The number of hydrogen-bond donors (Lipinski definition) is 0. The molecule has 2 heterocycles. The molecule has 2 unspecified atom stereocenters. The van der Waals surface area contributed by atoms with E-state index in [9.17, 15) is 19.2 Å². The van der Waals surface area contributed by atoms with Gasteiger partial charge in [-0.2, -0.15) is 0 Å². The summed E-state index contributed by atoms with van der Waals surface area (Å²) in [5, 5.41) is 0. The highest BCUT2D eigenvalue weighted by molar-refractivity contribution is 6.28. The molecule has 6 nitrogen and oxygen atoms in total. The fourth-order valence-electron chi connectivity index (χ4n) is 3.19. The van der Waals surface area contributed by atoms with Crippen molar-refractivity contribution in [3.63, 3.8) is 0 Å². The minimum Gasteiger partial charge on any atom is -0.389 e. The van der Waals surface area contributed by atoms with Gasteiger partial charge in [-0.1, -0.05) is 13.0 Å². The van der Waals surface area contributed by atoms with Crippen LogP contribution in [0.3, 0.4) is 0 Å². The molecule has 0 radical (unpaired) electrons. The molecule has 6 heteroatoms. The third-order valence-electron chi connectivity index (χ3n) is 4.07. The van der Waals surface area contributed by atoms with Gasteiger partial charge in [-0.25, -0.2) is 14.4 Å². The number of esters is 4. The number of rotatable bonds is 0. The van der Waals surface area contributed by atoms with Gasteiger partial charge in [-0.3, -0.25) is 4.79 Å². The Balaban J connectivity index is 2.14. The van der Waals surface area contributed by atoms with E-state index in [4.69, 9.17) is 4.74 Å². The summed E-state index contributed by atoms with van der Waals surface area (Å²) < 4.78 is 9.43. The quantitative estimate of drug-likeness (QED) is 0.525. The Bertz CT molecular complexity index is 801. The first-order chi connectivity index (χ1) is 9.99. The van der Waals surface area contributed by atoms with Gasteiger partial charge in [0.15, 0.2) is 0 Å². The van der Waals surface area contributed by atoms with Crippen LogP contribution in [0.5, 0.6) is 0 Å². The summed E-state index contributed by atoms with van der Waals surface area (Å²) >= 11 is 0. The first-order valence-electron chi connectivity index (χ1n) is 6.40. The van der Waals surface area contributed by atoms with Gasteiger partial charge in [0.05, 0.1) is 22.6 Å². The fourth-order valence-corrected chi connectivity index (χ4v) is 3.19. The average molecular weight is 284 g/mol. The highest BCUT2D eigenvalue weighted by Gasteiger charge is 2.46. The van der Waals surface area contributed by atoms with Gasteiger partial charge >= 0.3 is 23.9 Å². The lowest BCUT2D eigenvalue weighted by molar-refractivity contribution is -0.141. The van der Waals surface area contributed by atoms with Gasteiger partial charge in [0.2, 0.25) is 0 Å². The summed E-state index contributed by atoms with van der Waals surface area (Å²) in [7, 11) is 0. The molecular formula is C15H8O6. The molecule has 0 saturated heterocycles. The minimum atomic E-state index is -0.769. The zero-order chi connectivity index (χ0) is 14.9.